The van der Waals surface area contributed by atoms with Gasteiger partial charge in [-0.3, -0.25) is 4.79 Å². The van der Waals surface area contributed by atoms with Crippen LogP contribution in [0.5, 0.6) is 0 Å². The molecule has 2 amide bonds. The lowest BCUT2D eigenvalue weighted by atomic mass is 9.74. The number of carboxylic acids is 1. The minimum atomic E-state index is -0.828. The van der Waals surface area contributed by atoms with Gasteiger partial charge in [-0.2, -0.15) is 0 Å². The molecule has 19 heavy (non-hydrogen) atoms. The van der Waals surface area contributed by atoms with Gasteiger partial charge >= 0.3 is 12.0 Å². The highest BCUT2D eigenvalue weighted by molar-refractivity contribution is 5.78. The third-order valence-electron chi connectivity index (χ3n) is 4.09. The van der Waals surface area contributed by atoms with Gasteiger partial charge in [0.15, 0.2) is 0 Å². The van der Waals surface area contributed by atoms with Gasteiger partial charge in [0.2, 0.25) is 0 Å². The van der Waals surface area contributed by atoms with Crippen LogP contribution in [0, 0.1) is 5.41 Å². The predicted octanol–water partition coefficient (Wildman–Crippen LogP) is 1.04. The van der Waals surface area contributed by atoms with E-state index in [1.807, 2.05) is 0 Å². The summed E-state index contributed by atoms with van der Waals surface area (Å²) in [5.41, 5.74) is -0.822. The first kappa shape index (κ1) is 15.8. The number of carboxylic acid groups (broad SMARTS) is 1. The fraction of sp³-hybridized carbons (Fsp3) is 0.846. The Balaban J connectivity index is 2.57. The first-order valence-electron chi connectivity index (χ1n) is 6.78. The molecular weight excluding hydrogens is 248 g/mol. The van der Waals surface area contributed by atoms with E-state index < -0.39 is 11.4 Å². The predicted molar refractivity (Wildman–Crippen MR) is 70.9 cm³/mol. The normalized spacial score (nSPS) is 19.5. The minimum Gasteiger partial charge on any atom is -0.481 e. The van der Waals surface area contributed by atoms with Crippen LogP contribution in [0.1, 0.15) is 39.0 Å². The van der Waals surface area contributed by atoms with Crippen LogP contribution in [0.3, 0.4) is 0 Å². The van der Waals surface area contributed by atoms with Gasteiger partial charge in [-0.1, -0.05) is 19.3 Å². The Kier molecular flexibility index (Phi) is 5.60. The van der Waals surface area contributed by atoms with E-state index in [9.17, 15) is 14.7 Å². The molecular formula is C13H24N2O4. The maximum atomic E-state index is 11.9. The van der Waals surface area contributed by atoms with Gasteiger partial charge in [0.25, 0.3) is 0 Å². The molecule has 6 nitrogen and oxygen atoms in total. The van der Waals surface area contributed by atoms with Gasteiger partial charge in [0.05, 0.1) is 18.1 Å². The molecule has 1 saturated carbocycles. The molecule has 1 unspecified atom stereocenters. The summed E-state index contributed by atoms with van der Waals surface area (Å²) in [5, 5.41) is 21.1. The quantitative estimate of drug-likeness (QED) is 0.697. The smallest absolute Gasteiger partial charge is 0.317 e. The second-order valence-electron chi connectivity index (χ2n) is 5.45. The summed E-state index contributed by atoms with van der Waals surface area (Å²) in [6.45, 7) is 1.77. The van der Waals surface area contributed by atoms with E-state index in [1.54, 1.807) is 14.0 Å². The van der Waals surface area contributed by atoms with Gasteiger partial charge < -0.3 is 20.4 Å². The Labute approximate surface area is 113 Å². The van der Waals surface area contributed by atoms with Crippen molar-refractivity contribution in [1.82, 2.24) is 10.2 Å². The SMILES string of the molecule is CC(CO)N(C)C(=O)NCC1(C(=O)O)CCCCC1. The van der Waals surface area contributed by atoms with Crippen molar-refractivity contribution < 1.29 is 19.8 Å². The Morgan fingerprint density at radius 2 is 1.89 bits per heavy atom. The Morgan fingerprint density at radius 3 is 2.37 bits per heavy atom. The van der Waals surface area contributed by atoms with Gasteiger partial charge in [0.1, 0.15) is 0 Å². The number of likely N-dealkylation sites (N-methyl/N-ethyl adjacent to an activating group) is 1. The van der Waals surface area contributed by atoms with Crippen molar-refractivity contribution in [3.8, 4) is 0 Å². The molecule has 0 spiro atoms. The number of carbonyl (C=O) groups is 2. The largest absolute Gasteiger partial charge is 0.481 e. The first-order chi connectivity index (χ1) is 8.93. The molecule has 0 aromatic heterocycles. The fourth-order valence-corrected chi connectivity index (χ4v) is 2.39. The van der Waals surface area contributed by atoms with E-state index in [0.29, 0.717) is 12.8 Å². The molecule has 1 atom stereocenters. The molecule has 6 heteroatoms. The van der Waals surface area contributed by atoms with Crippen LogP contribution in [0.4, 0.5) is 4.79 Å². The maximum Gasteiger partial charge on any atom is 0.317 e. The summed E-state index contributed by atoms with van der Waals surface area (Å²) in [7, 11) is 1.59. The van der Waals surface area contributed by atoms with Crippen LogP contribution in [-0.2, 0) is 4.79 Å². The van der Waals surface area contributed by atoms with Crippen LogP contribution in [-0.4, -0.2) is 53.4 Å². The van der Waals surface area contributed by atoms with E-state index in [0.717, 1.165) is 19.3 Å². The summed E-state index contributed by atoms with van der Waals surface area (Å²) in [6.07, 6.45) is 4.07. The van der Waals surface area contributed by atoms with Crippen molar-refractivity contribution in [2.45, 2.75) is 45.1 Å². The number of urea groups is 1. The summed E-state index contributed by atoms with van der Waals surface area (Å²) in [6, 6.07) is -0.625. The number of nitrogens with zero attached hydrogens (tertiary/aromatic N) is 1. The highest BCUT2D eigenvalue weighted by Crippen LogP contribution is 2.36. The van der Waals surface area contributed by atoms with E-state index in [4.69, 9.17) is 5.11 Å². The van der Waals surface area contributed by atoms with Crippen LogP contribution >= 0.6 is 0 Å². The number of rotatable bonds is 5. The lowest BCUT2D eigenvalue weighted by Crippen LogP contribution is -2.49. The molecule has 0 aliphatic heterocycles. The Morgan fingerprint density at radius 1 is 1.32 bits per heavy atom. The van der Waals surface area contributed by atoms with Gasteiger partial charge in [0, 0.05) is 13.6 Å². The monoisotopic (exact) mass is 272 g/mol. The van der Waals surface area contributed by atoms with Crippen LogP contribution in [0.25, 0.3) is 0 Å². The minimum absolute atomic E-state index is 0.117. The molecule has 1 aliphatic carbocycles. The second kappa shape index (κ2) is 6.75. The van der Waals surface area contributed by atoms with E-state index in [1.165, 1.54) is 4.90 Å². The number of hydrogen-bond acceptors (Lipinski definition) is 3. The molecule has 1 aliphatic rings. The number of aliphatic hydroxyl groups excluding tert-OH is 1. The summed E-state index contributed by atoms with van der Waals surface area (Å²) in [5.74, 6) is -0.828. The summed E-state index contributed by atoms with van der Waals surface area (Å²) in [4.78, 5) is 24.7. The maximum absolute atomic E-state index is 11.9. The third-order valence-corrected chi connectivity index (χ3v) is 4.09. The molecule has 0 saturated heterocycles. The number of aliphatic hydroxyl groups is 1. The molecule has 0 aromatic rings. The average Bonchev–Trinajstić information content (AvgIpc) is 2.43. The second-order valence-corrected chi connectivity index (χ2v) is 5.45. The van der Waals surface area contributed by atoms with Crippen LogP contribution in [0.2, 0.25) is 0 Å². The zero-order valence-electron chi connectivity index (χ0n) is 11.7. The number of hydrogen-bond donors (Lipinski definition) is 3. The van der Waals surface area contributed by atoms with Crippen molar-refractivity contribution in [3.05, 3.63) is 0 Å². The molecule has 1 rings (SSSR count). The van der Waals surface area contributed by atoms with Crippen LogP contribution in [0.15, 0.2) is 0 Å². The number of amides is 2. The molecule has 110 valence electrons. The lowest BCUT2D eigenvalue weighted by molar-refractivity contribution is -0.150. The Bertz CT molecular complexity index is 327. The Hall–Kier alpha value is -1.30. The van der Waals surface area contributed by atoms with Gasteiger partial charge in [-0.15, -0.1) is 0 Å². The standard InChI is InChI=1S/C13H24N2O4/c1-10(8-16)15(2)12(19)14-9-13(11(17)18)6-4-3-5-7-13/h10,16H,3-9H2,1-2H3,(H,14,19)(H,17,18). The fourth-order valence-electron chi connectivity index (χ4n) is 2.39. The molecule has 0 bridgehead atoms. The van der Waals surface area contributed by atoms with Crippen molar-refractivity contribution >= 4 is 12.0 Å². The average molecular weight is 272 g/mol. The zero-order chi connectivity index (χ0) is 14.5. The van der Waals surface area contributed by atoms with E-state index in [-0.39, 0.29) is 25.2 Å². The highest BCUT2D eigenvalue weighted by Gasteiger charge is 2.40. The first-order valence-corrected chi connectivity index (χ1v) is 6.78. The lowest BCUT2D eigenvalue weighted by Gasteiger charge is -2.34. The topological polar surface area (TPSA) is 89.9 Å². The summed E-state index contributed by atoms with van der Waals surface area (Å²) >= 11 is 0. The van der Waals surface area contributed by atoms with Gasteiger partial charge in [-0.05, 0) is 19.8 Å². The van der Waals surface area contributed by atoms with Crippen molar-refractivity contribution in [2.75, 3.05) is 20.2 Å². The molecule has 0 aromatic carbocycles. The molecule has 3 N–H and O–H groups in total. The molecule has 0 radical (unpaired) electrons. The van der Waals surface area contributed by atoms with Gasteiger partial charge in [-0.25, -0.2) is 4.79 Å². The molecule has 1 fully saturated rings. The van der Waals surface area contributed by atoms with Crippen molar-refractivity contribution in [2.24, 2.45) is 5.41 Å². The zero-order valence-corrected chi connectivity index (χ0v) is 11.7. The van der Waals surface area contributed by atoms with E-state index >= 15 is 0 Å². The third kappa shape index (κ3) is 3.83. The van der Waals surface area contributed by atoms with Crippen molar-refractivity contribution in [3.63, 3.8) is 0 Å². The molecule has 0 heterocycles. The van der Waals surface area contributed by atoms with Crippen LogP contribution < -0.4 is 5.32 Å². The number of carbonyl (C=O) groups excluding carboxylic acids is 1. The number of aliphatic carboxylic acids is 1. The summed E-state index contributed by atoms with van der Waals surface area (Å²) < 4.78 is 0. The number of nitrogens with one attached hydrogen (secondary N) is 1. The highest BCUT2D eigenvalue weighted by atomic mass is 16.4. The van der Waals surface area contributed by atoms with Crippen molar-refractivity contribution in [1.29, 1.82) is 0 Å². The van der Waals surface area contributed by atoms with E-state index in [2.05, 4.69) is 5.32 Å².